The zero-order chi connectivity index (χ0) is 29.3. The molecule has 0 aliphatic heterocycles. The van der Waals surface area contributed by atoms with Gasteiger partial charge in [0.15, 0.2) is 5.96 Å². The molecule has 0 bridgehead atoms. The zero-order valence-electron chi connectivity index (χ0n) is 21.1. The molecule has 0 aromatic carbocycles. The van der Waals surface area contributed by atoms with Gasteiger partial charge in [-0.05, 0) is 45.1 Å². The number of carboxylic acids is 2. The maximum Gasteiger partial charge on any atom is 0.326 e. The number of rotatable bonds is 20. The molecule has 17 nitrogen and oxygen atoms in total. The van der Waals surface area contributed by atoms with Crippen LogP contribution in [0.25, 0.3) is 0 Å². The highest BCUT2D eigenvalue weighted by molar-refractivity contribution is 5.94. The first-order chi connectivity index (χ1) is 17.8. The molecule has 4 unspecified atom stereocenters. The lowest BCUT2D eigenvalue weighted by Crippen LogP contribution is -2.57. The Kier molecular flexibility index (Phi) is 16.4. The van der Waals surface area contributed by atoms with E-state index in [1.165, 1.54) is 0 Å². The number of carboxylic acid groups (broad SMARTS) is 2. The Hall–Kier alpha value is -3.99. The number of amides is 4. The Morgan fingerprint density at radius 1 is 0.737 bits per heavy atom. The molecular weight excluding hydrogens is 506 g/mol. The minimum Gasteiger partial charge on any atom is -0.481 e. The van der Waals surface area contributed by atoms with Gasteiger partial charge in [-0.3, -0.25) is 29.0 Å². The van der Waals surface area contributed by atoms with Gasteiger partial charge in [-0.1, -0.05) is 0 Å². The van der Waals surface area contributed by atoms with Crippen molar-refractivity contribution in [3.63, 3.8) is 0 Å². The Bertz CT molecular complexity index is 864. The molecule has 17 heteroatoms. The van der Waals surface area contributed by atoms with Crippen LogP contribution in [0.2, 0.25) is 0 Å². The minimum absolute atomic E-state index is 0.0154. The zero-order valence-corrected chi connectivity index (χ0v) is 21.1. The summed E-state index contributed by atoms with van der Waals surface area (Å²) in [5.41, 5.74) is 26.7. The molecule has 38 heavy (non-hydrogen) atoms. The van der Waals surface area contributed by atoms with E-state index in [0.29, 0.717) is 19.4 Å². The standard InChI is InChI=1S/C21H39N9O8/c22-8-2-1-4-12(28-17(34)11(23)10-16(32)33)18(35)29-13(5-3-9-27-21(25)26)19(36)30-14(20(37)38)6-7-15(24)31/h11-14H,1-10,22-23H2,(H2,24,31)(H,28,34)(H,29,35)(H,30,36)(H,32,33)(H,37,38)(H4,25,26,27). The second kappa shape index (κ2) is 18.3. The lowest BCUT2D eigenvalue weighted by molar-refractivity contribution is -0.142. The summed E-state index contributed by atoms with van der Waals surface area (Å²) in [4.78, 5) is 75.6. The number of guanidine groups is 1. The van der Waals surface area contributed by atoms with E-state index in [9.17, 15) is 33.9 Å². The van der Waals surface area contributed by atoms with Crippen LogP contribution in [0.5, 0.6) is 0 Å². The van der Waals surface area contributed by atoms with Crippen LogP contribution in [-0.4, -0.2) is 89.0 Å². The summed E-state index contributed by atoms with van der Waals surface area (Å²) in [6.45, 7) is 0.422. The summed E-state index contributed by atoms with van der Waals surface area (Å²) in [5, 5.41) is 25.4. The first kappa shape index (κ1) is 34.0. The van der Waals surface area contributed by atoms with Crippen LogP contribution in [0.1, 0.15) is 51.4 Å². The first-order valence-corrected chi connectivity index (χ1v) is 11.9. The molecule has 0 aromatic rings. The van der Waals surface area contributed by atoms with Crippen molar-refractivity contribution in [1.29, 1.82) is 0 Å². The van der Waals surface area contributed by atoms with Crippen molar-refractivity contribution in [2.75, 3.05) is 13.1 Å². The van der Waals surface area contributed by atoms with E-state index >= 15 is 0 Å². The van der Waals surface area contributed by atoms with E-state index in [1.807, 2.05) is 0 Å². The molecule has 0 saturated heterocycles. The molecule has 0 heterocycles. The number of hydrogen-bond acceptors (Lipinski definition) is 9. The van der Waals surface area contributed by atoms with Crippen LogP contribution in [0.3, 0.4) is 0 Å². The number of carbonyl (C=O) groups is 6. The van der Waals surface area contributed by atoms with E-state index in [4.69, 9.17) is 33.8 Å². The second-order valence-electron chi connectivity index (χ2n) is 8.46. The average molecular weight is 546 g/mol. The van der Waals surface area contributed by atoms with Gasteiger partial charge in [-0.2, -0.15) is 0 Å². The van der Waals surface area contributed by atoms with Gasteiger partial charge in [0.25, 0.3) is 0 Å². The number of nitrogens with one attached hydrogen (secondary N) is 3. The Morgan fingerprint density at radius 2 is 1.26 bits per heavy atom. The van der Waals surface area contributed by atoms with Crippen molar-refractivity contribution in [2.24, 2.45) is 33.7 Å². The fraction of sp³-hybridized carbons (Fsp3) is 0.667. The largest absolute Gasteiger partial charge is 0.481 e. The number of nitrogens with two attached hydrogens (primary N) is 5. The van der Waals surface area contributed by atoms with Crippen molar-refractivity contribution >= 4 is 41.5 Å². The smallest absolute Gasteiger partial charge is 0.326 e. The molecule has 216 valence electrons. The summed E-state index contributed by atoms with van der Waals surface area (Å²) in [6.07, 6.45) is -0.00758. The highest BCUT2D eigenvalue weighted by Crippen LogP contribution is 2.07. The summed E-state index contributed by atoms with van der Waals surface area (Å²) in [6, 6.07) is -5.33. The van der Waals surface area contributed by atoms with Crippen LogP contribution in [0.4, 0.5) is 0 Å². The van der Waals surface area contributed by atoms with Crippen molar-refractivity contribution in [3.8, 4) is 0 Å². The molecule has 4 atom stereocenters. The third kappa shape index (κ3) is 15.2. The molecule has 0 saturated carbocycles. The van der Waals surface area contributed by atoms with E-state index in [-0.39, 0.29) is 44.6 Å². The molecule has 15 N–H and O–H groups in total. The minimum atomic E-state index is -1.46. The summed E-state index contributed by atoms with van der Waals surface area (Å²) in [5.74, 6) is -6.20. The highest BCUT2D eigenvalue weighted by atomic mass is 16.4. The number of nitrogens with zero attached hydrogens (tertiary/aromatic N) is 1. The topological polar surface area (TPSA) is 321 Å². The summed E-state index contributed by atoms with van der Waals surface area (Å²) < 4.78 is 0. The lowest BCUT2D eigenvalue weighted by Gasteiger charge is -2.25. The van der Waals surface area contributed by atoms with Crippen molar-refractivity contribution in [2.45, 2.75) is 75.5 Å². The molecule has 0 fully saturated rings. The van der Waals surface area contributed by atoms with E-state index in [1.54, 1.807) is 0 Å². The molecule has 4 amide bonds. The average Bonchev–Trinajstić information content (AvgIpc) is 2.81. The number of primary amides is 1. The Labute approximate surface area is 219 Å². The Balaban J connectivity index is 5.68. The maximum atomic E-state index is 13.1. The normalized spacial score (nSPS) is 13.7. The first-order valence-electron chi connectivity index (χ1n) is 11.9. The fourth-order valence-corrected chi connectivity index (χ4v) is 3.18. The van der Waals surface area contributed by atoms with Crippen LogP contribution >= 0.6 is 0 Å². The Morgan fingerprint density at radius 3 is 1.74 bits per heavy atom. The monoisotopic (exact) mass is 545 g/mol. The predicted octanol–water partition coefficient (Wildman–Crippen LogP) is -4.22. The third-order valence-electron chi connectivity index (χ3n) is 5.18. The van der Waals surface area contributed by atoms with Gasteiger partial charge in [-0.25, -0.2) is 4.79 Å². The lowest BCUT2D eigenvalue weighted by atomic mass is 10.0. The summed E-state index contributed by atoms with van der Waals surface area (Å²) in [7, 11) is 0. The molecule has 0 spiro atoms. The van der Waals surface area contributed by atoms with E-state index in [0.717, 1.165) is 0 Å². The molecule has 0 aromatic heterocycles. The highest BCUT2D eigenvalue weighted by Gasteiger charge is 2.30. The third-order valence-corrected chi connectivity index (χ3v) is 5.18. The van der Waals surface area contributed by atoms with Crippen LogP contribution in [0, 0.1) is 0 Å². The van der Waals surface area contributed by atoms with Gasteiger partial charge in [0.2, 0.25) is 23.6 Å². The summed E-state index contributed by atoms with van der Waals surface area (Å²) >= 11 is 0. The maximum absolute atomic E-state index is 13.1. The second-order valence-corrected chi connectivity index (χ2v) is 8.46. The molecule has 0 aliphatic rings. The number of carbonyl (C=O) groups excluding carboxylic acids is 4. The quantitative estimate of drug-likeness (QED) is 0.0395. The van der Waals surface area contributed by atoms with E-state index in [2.05, 4.69) is 20.9 Å². The van der Waals surface area contributed by atoms with Crippen LogP contribution < -0.4 is 44.6 Å². The van der Waals surface area contributed by atoms with Gasteiger partial charge in [0, 0.05) is 13.0 Å². The van der Waals surface area contributed by atoms with Gasteiger partial charge >= 0.3 is 11.9 Å². The van der Waals surface area contributed by atoms with Gasteiger partial charge in [-0.15, -0.1) is 0 Å². The predicted molar refractivity (Wildman–Crippen MR) is 135 cm³/mol. The molecule has 0 aliphatic carbocycles. The molecular formula is C21H39N9O8. The number of hydrogen-bond donors (Lipinski definition) is 10. The van der Waals surface area contributed by atoms with Crippen LogP contribution in [-0.2, 0) is 28.8 Å². The van der Waals surface area contributed by atoms with Gasteiger partial charge < -0.3 is 54.8 Å². The van der Waals surface area contributed by atoms with Crippen molar-refractivity contribution in [3.05, 3.63) is 0 Å². The SMILES string of the molecule is NCCCCC(NC(=O)C(N)CC(=O)O)C(=O)NC(CCCN=C(N)N)C(=O)NC(CCC(N)=O)C(=O)O. The number of unbranched alkanes of at least 4 members (excludes halogenated alkanes) is 1. The van der Waals surface area contributed by atoms with E-state index < -0.39 is 66.2 Å². The fourth-order valence-electron chi connectivity index (χ4n) is 3.18. The molecule has 0 rings (SSSR count). The number of aliphatic imine (C=N–C) groups is 1. The molecule has 0 radical (unpaired) electrons. The number of aliphatic carboxylic acids is 2. The van der Waals surface area contributed by atoms with Crippen molar-refractivity contribution < 1.29 is 39.0 Å². The van der Waals surface area contributed by atoms with Crippen molar-refractivity contribution in [1.82, 2.24) is 16.0 Å². The van der Waals surface area contributed by atoms with Gasteiger partial charge in [0.1, 0.15) is 18.1 Å². The van der Waals surface area contributed by atoms with Crippen LogP contribution in [0.15, 0.2) is 4.99 Å². The van der Waals surface area contributed by atoms with Gasteiger partial charge in [0.05, 0.1) is 12.5 Å².